The third kappa shape index (κ3) is 3.26. The van der Waals surface area contributed by atoms with Crippen LogP contribution in [0.5, 0.6) is 0 Å². The summed E-state index contributed by atoms with van der Waals surface area (Å²) in [5.41, 5.74) is 3.73. The molecule has 1 aromatic carbocycles. The molecule has 1 radical (unpaired) electrons. The van der Waals surface area contributed by atoms with E-state index in [2.05, 4.69) is 9.76 Å². The average molecular weight is 253 g/mol. The first-order chi connectivity index (χ1) is 6.63. The van der Waals surface area contributed by atoms with E-state index in [4.69, 9.17) is 23.2 Å². The van der Waals surface area contributed by atoms with E-state index in [0.29, 0.717) is 15.7 Å². The summed E-state index contributed by atoms with van der Waals surface area (Å²) in [6.45, 7) is 0. The van der Waals surface area contributed by atoms with Crippen molar-refractivity contribution in [1.29, 1.82) is 0 Å². The molecule has 0 aromatic heterocycles. The highest BCUT2D eigenvalue weighted by Crippen LogP contribution is 2.25. The lowest BCUT2D eigenvalue weighted by Crippen LogP contribution is -2.05. The van der Waals surface area contributed by atoms with Gasteiger partial charge in [0.25, 0.3) is 11.1 Å². The van der Waals surface area contributed by atoms with E-state index in [0.717, 1.165) is 5.62 Å². The van der Waals surface area contributed by atoms with Gasteiger partial charge in [-0.3, -0.25) is 4.79 Å². The second kappa shape index (κ2) is 5.31. The van der Waals surface area contributed by atoms with Gasteiger partial charge in [-0.2, -0.15) is 4.28 Å². The van der Waals surface area contributed by atoms with Crippen molar-refractivity contribution in [2.75, 3.05) is 5.48 Å². The van der Waals surface area contributed by atoms with E-state index in [9.17, 15) is 9.00 Å². The van der Waals surface area contributed by atoms with E-state index in [1.807, 2.05) is 0 Å². The molecule has 0 bridgehead atoms. The Labute approximate surface area is 92.8 Å². The fourth-order valence-corrected chi connectivity index (χ4v) is 1.32. The van der Waals surface area contributed by atoms with Crippen molar-refractivity contribution in [3.05, 3.63) is 28.2 Å². The molecule has 0 amide bonds. The standard InChI is InChI=1S/C7H4Cl2NO3S/c8-5-1-2-7(6(9)3-5)10-13-14(12)4-11/h1-3,10H. The molecule has 0 saturated carbocycles. The SMILES string of the molecule is O=[C]S(=O)ONc1ccc(Cl)cc1Cl. The maximum absolute atomic E-state index is 10.5. The number of halogens is 2. The van der Waals surface area contributed by atoms with Crippen LogP contribution < -0.4 is 5.48 Å². The van der Waals surface area contributed by atoms with E-state index < -0.39 is 11.1 Å². The molecule has 1 atom stereocenters. The molecule has 0 saturated heterocycles. The van der Waals surface area contributed by atoms with Crippen molar-refractivity contribution in [3.8, 4) is 0 Å². The number of nitrogens with one attached hydrogen (secondary N) is 1. The van der Waals surface area contributed by atoms with Crippen LogP contribution in [0.15, 0.2) is 18.2 Å². The van der Waals surface area contributed by atoms with Gasteiger partial charge in [0.05, 0.1) is 10.7 Å². The molecule has 0 spiro atoms. The fourth-order valence-electron chi connectivity index (χ4n) is 0.672. The van der Waals surface area contributed by atoms with E-state index >= 15 is 0 Å². The zero-order chi connectivity index (χ0) is 10.6. The first-order valence-electron chi connectivity index (χ1n) is 3.31. The lowest BCUT2D eigenvalue weighted by atomic mass is 10.3. The predicted octanol–water partition coefficient (Wildman–Crippen LogP) is 2.07. The Morgan fingerprint density at radius 3 is 2.71 bits per heavy atom. The first-order valence-corrected chi connectivity index (χ1v) is 5.14. The highest BCUT2D eigenvalue weighted by Gasteiger charge is 2.03. The van der Waals surface area contributed by atoms with E-state index in [1.165, 1.54) is 12.1 Å². The largest absolute Gasteiger partial charge is 0.330 e. The Morgan fingerprint density at radius 2 is 2.14 bits per heavy atom. The third-order valence-electron chi connectivity index (χ3n) is 1.23. The van der Waals surface area contributed by atoms with Crippen LogP contribution in [0.3, 0.4) is 0 Å². The number of rotatable bonds is 4. The summed E-state index contributed by atoms with van der Waals surface area (Å²) >= 11 is 9.21. The molecule has 1 N–H and O–H groups in total. The maximum Gasteiger partial charge on any atom is 0.330 e. The van der Waals surface area contributed by atoms with Gasteiger partial charge in [0.15, 0.2) is 0 Å². The van der Waals surface area contributed by atoms with Crippen molar-refractivity contribution in [1.82, 2.24) is 0 Å². The summed E-state index contributed by atoms with van der Waals surface area (Å²) in [6, 6.07) is 4.56. The Kier molecular flexibility index (Phi) is 4.34. The summed E-state index contributed by atoms with van der Waals surface area (Å²) in [5.74, 6) is 0. The van der Waals surface area contributed by atoms with E-state index in [-0.39, 0.29) is 0 Å². The Bertz CT molecular complexity index is 372. The van der Waals surface area contributed by atoms with Gasteiger partial charge in [0.2, 0.25) is 0 Å². The van der Waals surface area contributed by atoms with Crippen LogP contribution in [0.4, 0.5) is 5.69 Å². The molecule has 0 fully saturated rings. The van der Waals surface area contributed by atoms with E-state index in [1.54, 1.807) is 6.07 Å². The Balaban J connectivity index is 2.68. The highest BCUT2D eigenvalue weighted by molar-refractivity contribution is 7.94. The average Bonchev–Trinajstić information content (AvgIpc) is 2.16. The van der Waals surface area contributed by atoms with Crippen LogP contribution in [-0.4, -0.2) is 9.83 Å². The molecular weight excluding hydrogens is 249 g/mol. The zero-order valence-corrected chi connectivity index (χ0v) is 8.95. The molecule has 4 nitrogen and oxygen atoms in total. The molecule has 0 aliphatic heterocycles. The molecule has 14 heavy (non-hydrogen) atoms. The van der Waals surface area contributed by atoms with Gasteiger partial charge in [0, 0.05) is 5.02 Å². The summed E-state index contributed by atoms with van der Waals surface area (Å²) in [7, 11) is 0. The molecule has 1 unspecified atom stereocenters. The Hall–Kier alpha value is -0.620. The van der Waals surface area contributed by atoms with Gasteiger partial charge < -0.3 is 0 Å². The molecule has 75 valence electrons. The normalized spacial score (nSPS) is 12.1. The van der Waals surface area contributed by atoms with Gasteiger partial charge in [-0.25, -0.2) is 9.69 Å². The molecule has 0 aliphatic rings. The number of anilines is 1. The summed E-state index contributed by atoms with van der Waals surface area (Å²) in [6.07, 6.45) is 0. The molecule has 0 heterocycles. The summed E-state index contributed by atoms with van der Waals surface area (Å²) in [5, 5.41) is 0.754. The fraction of sp³-hybridized carbons (Fsp3) is 0. The van der Waals surface area contributed by atoms with Crippen LogP contribution in [0.2, 0.25) is 10.0 Å². The topological polar surface area (TPSA) is 55.4 Å². The van der Waals surface area contributed by atoms with Crippen LogP contribution in [0.1, 0.15) is 0 Å². The van der Waals surface area contributed by atoms with Gasteiger partial charge in [-0.05, 0) is 18.2 Å². The van der Waals surface area contributed by atoms with Crippen LogP contribution in [-0.2, 0) is 20.2 Å². The Morgan fingerprint density at radius 1 is 1.43 bits per heavy atom. The molecular formula is C7H4Cl2NO3S. The quantitative estimate of drug-likeness (QED) is 0.834. The minimum Gasteiger partial charge on any atom is -0.271 e. The predicted molar refractivity (Wildman–Crippen MR) is 55.0 cm³/mol. The number of hydrogen-bond acceptors (Lipinski definition) is 4. The monoisotopic (exact) mass is 252 g/mol. The van der Waals surface area contributed by atoms with Crippen LogP contribution in [0, 0.1) is 0 Å². The number of carbonyl (C=O) groups excluding carboxylic acids is 1. The van der Waals surface area contributed by atoms with Gasteiger partial charge in [0.1, 0.15) is 0 Å². The number of benzene rings is 1. The van der Waals surface area contributed by atoms with Crippen LogP contribution >= 0.6 is 23.2 Å². The third-order valence-corrected chi connectivity index (χ3v) is 2.15. The molecule has 0 aliphatic carbocycles. The van der Waals surface area contributed by atoms with Gasteiger partial charge in [-0.15, -0.1) is 0 Å². The minimum atomic E-state index is -2.15. The maximum atomic E-state index is 10.5. The summed E-state index contributed by atoms with van der Waals surface area (Å²) in [4.78, 5) is 9.82. The minimum absolute atomic E-state index is 0.292. The lowest BCUT2D eigenvalue weighted by molar-refractivity contribution is 0.441. The molecule has 7 heteroatoms. The smallest absolute Gasteiger partial charge is 0.271 e. The van der Waals surface area contributed by atoms with Crippen molar-refractivity contribution in [2.45, 2.75) is 0 Å². The van der Waals surface area contributed by atoms with Crippen molar-refractivity contribution < 1.29 is 13.3 Å². The van der Waals surface area contributed by atoms with Gasteiger partial charge in [-0.1, -0.05) is 23.2 Å². The zero-order valence-electron chi connectivity index (χ0n) is 6.62. The second-order valence-corrected chi connectivity index (χ2v) is 3.77. The lowest BCUT2D eigenvalue weighted by Gasteiger charge is -2.04. The number of hydrogen-bond donors (Lipinski definition) is 1. The van der Waals surface area contributed by atoms with Crippen LogP contribution in [0.25, 0.3) is 0 Å². The van der Waals surface area contributed by atoms with Gasteiger partial charge >= 0.3 is 5.62 Å². The molecule has 1 rings (SSSR count). The highest BCUT2D eigenvalue weighted by atomic mass is 35.5. The summed E-state index contributed by atoms with van der Waals surface area (Å²) < 4.78 is 14.9. The van der Waals surface area contributed by atoms with Crippen molar-refractivity contribution >= 4 is 45.6 Å². The molecule has 1 aromatic rings. The second-order valence-electron chi connectivity index (χ2n) is 2.13. The van der Waals surface area contributed by atoms with Crippen molar-refractivity contribution in [2.24, 2.45) is 0 Å². The first kappa shape index (κ1) is 11.5. The van der Waals surface area contributed by atoms with Crippen molar-refractivity contribution in [3.63, 3.8) is 0 Å².